The second-order valence-corrected chi connectivity index (χ2v) is 8.89. The van der Waals surface area contributed by atoms with Crippen LogP contribution in [0.1, 0.15) is 27.3 Å². The van der Waals surface area contributed by atoms with E-state index < -0.39 is 0 Å². The Labute approximate surface area is 227 Å². The Morgan fingerprint density at radius 3 is 2.72 bits per heavy atom. The number of carbonyl (C=O) groups excluding carboxylic acids is 2. The lowest BCUT2D eigenvalue weighted by Gasteiger charge is -2.24. The minimum absolute atomic E-state index is 0. The second kappa shape index (κ2) is 14.1. The van der Waals surface area contributed by atoms with E-state index in [1.165, 1.54) is 11.3 Å². The van der Waals surface area contributed by atoms with Gasteiger partial charge in [-0.1, -0.05) is 12.1 Å². The Morgan fingerprint density at radius 2 is 1.97 bits per heavy atom. The van der Waals surface area contributed by atoms with Gasteiger partial charge in [0.05, 0.1) is 29.7 Å². The van der Waals surface area contributed by atoms with Crippen molar-refractivity contribution in [1.82, 2.24) is 14.9 Å². The lowest BCUT2D eigenvalue weighted by Crippen LogP contribution is -2.35. The largest absolute Gasteiger partial charge is 0.383 e. The Kier molecular flexibility index (Phi) is 11.5. The molecular weight excluding hydrogens is 523 g/mol. The van der Waals surface area contributed by atoms with E-state index in [1.807, 2.05) is 7.05 Å². The number of thiazole rings is 1. The van der Waals surface area contributed by atoms with Gasteiger partial charge < -0.3 is 20.3 Å². The molecule has 194 valence electrons. The summed E-state index contributed by atoms with van der Waals surface area (Å²) in [5, 5.41) is 8.17. The molecule has 1 fully saturated rings. The fourth-order valence-corrected chi connectivity index (χ4v) is 4.69. The Hall–Kier alpha value is -2.76. The summed E-state index contributed by atoms with van der Waals surface area (Å²) in [5.74, 6) is -0.687. The molecule has 4 rings (SSSR count). The zero-order valence-electron chi connectivity index (χ0n) is 20.0. The van der Waals surface area contributed by atoms with Crippen LogP contribution in [-0.2, 0) is 4.74 Å². The van der Waals surface area contributed by atoms with Crippen molar-refractivity contribution in [3.8, 4) is 0 Å². The molecule has 1 aliphatic heterocycles. The van der Waals surface area contributed by atoms with Gasteiger partial charge in [0, 0.05) is 51.4 Å². The van der Waals surface area contributed by atoms with Crippen molar-refractivity contribution in [1.29, 1.82) is 0 Å². The van der Waals surface area contributed by atoms with Gasteiger partial charge in [-0.25, -0.2) is 4.98 Å². The second-order valence-electron chi connectivity index (χ2n) is 8.06. The molecule has 2 amide bonds. The van der Waals surface area contributed by atoms with Crippen LogP contribution in [0.3, 0.4) is 0 Å². The van der Waals surface area contributed by atoms with E-state index >= 15 is 0 Å². The van der Waals surface area contributed by atoms with Crippen LogP contribution >= 0.6 is 36.2 Å². The van der Waals surface area contributed by atoms with Crippen LogP contribution in [0.2, 0.25) is 0 Å². The summed E-state index contributed by atoms with van der Waals surface area (Å²) in [6.07, 6.45) is 4.24. The zero-order chi connectivity index (χ0) is 23.9. The van der Waals surface area contributed by atoms with Gasteiger partial charge in [0.15, 0.2) is 5.13 Å². The first-order valence-corrected chi connectivity index (χ1v) is 11.9. The molecule has 1 aliphatic rings. The van der Waals surface area contributed by atoms with Crippen LogP contribution < -0.4 is 15.5 Å². The number of hydrogen-bond acceptors (Lipinski definition) is 8. The lowest BCUT2D eigenvalue weighted by atomic mass is 10.1. The molecule has 2 N–H and O–H groups in total. The molecule has 0 bridgehead atoms. The number of nitrogens with one attached hydrogen (secondary N) is 2. The summed E-state index contributed by atoms with van der Waals surface area (Å²) < 4.78 is 5.18. The molecule has 3 aromatic rings. The maximum absolute atomic E-state index is 12.9. The van der Waals surface area contributed by atoms with Crippen LogP contribution in [-0.4, -0.2) is 73.1 Å². The van der Waals surface area contributed by atoms with Crippen molar-refractivity contribution in [2.45, 2.75) is 12.5 Å². The number of pyridine rings is 1. The molecule has 1 atom stereocenters. The number of benzene rings is 1. The molecule has 12 heteroatoms. The van der Waals surface area contributed by atoms with Crippen molar-refractivity contribution < 1.29 is 14.3 Å². The molecule has 0 spiro atoms. The normalized spacial score (nSPS) is 14.9. The Bertz CT molecular complexity index is 1130. The van der Waals surface area contributed by atoms with Crippen LogP contribution in [0.15, 0.2) is 54.2 Å². The number of rotatable bonds is 9. The van der Waals surface area contributed by atoms with Gasteiger partial charge in [-0.2, -0.15) is 0 Å². The fourth-order valence-electron chi connectivity index (χ4n) is 3.85. The van der Waals surface area contributed by atoms with Crippen molar-refractivity contribution >= 4 is 64.5 Å². The highest BCUT2D eigenvalue weighted by Gasteiger charge is 2.27. The van der Waals surface area contributed by atoms with Gasteiger partial charge in [-0.05, 0) is 30.7 Å². The smallest absolute Gasteiger partial charge is 0.275 e. The average Bonchev–Trinajstić information content (AvgIpc) is 3.54. The number of nitrogens with zero attached hydrogens (tertiary/aromatic N) is 4. The first kappa shape index (κ1) is 29.5. The van der Waals surface area contributed by atoms with Gasteiger partial charge >= 0.3 is 0 Å². The Balaban J connectivity index is 0.00000228. The minimum atomic E-state index is -0.356. The lowest BCUT2D eigenvalue weighted by molar-refractivity contribution is 0.102. The van der Waals surface area contributed by atoms with Crippen molar-refractivity contribution in [2.24, 2.45) is 0 Å². The first-order chi connectivity index (χ1) is 16.5. The molecule has 36 heavy (non-hydrogen) atoms. The summed E-state index contributed by atoms with van der Waals surface area (Å²) >= 11 is 1.44. The number of halogens is 2. The molecule has 0 unspecified atom stereocenters. The standard InChI is InChI=1S/C24H28N6O3S.2ClH/c1-29(18-9-11-30(15-18)12-13-33-2)24-28-21(16-34-24)23(32)27-20-8-4-3-7-19(20)22(31)26-17-6-5-10-25-14-17;;/h3-8,10,14,16,18H,9,11-13,15H2,1-2H3,(H,26,31)(H,27,32);2*1H/t18-;;/m1../s1. The highest BCUT2D eigenvalue weighted by atomic mass is 35.5. The maximum atomic E-state index is 12.9. The Morgan fingerprint density at radius 1 is 1.17 bits per heavy atom. The van der Waals surface area contributed by atoms with Crippen LogP contribution in [0.5, 0.6) is 0 Å². The predicted molar refractivity (Wildman–Crippen MR) is 148 cm³/mol. The van der Waals surface area contributed by atoms with Crippen molar-refractivity contribution in [2.75, 3.05) is 55.9 Å². The first-order valence-electron chi connectivity index (χ1n) is 11.1. The van der Waals surface area contributed by atoms with Gasteiger partial charge in [-0.3, -0.25) is 19.5 Å². The van der Waals surface area contributed by atoms with E-state index in [4.69, 9.17) is 4.74 Å². The summed E-state index contributed by atoms with van der Waals surface area (Å²) in [6, 6.07) is 10.7. The van der Waals surface area contributed by atoms with Crippen molar-refractivity contribution in [3.05, 3.63) is 65.4 Å². The number of anilines is 3. The number of methoxy groups -OCH3 is 1. The van der Waals surface area contributed by atoms with Gasteiger partial charge in [0.1, 0.15) is 5.69 Å². The third-order valence-electron chi connectivity index (χ3n) is 5.77. The van der Waals surface area contributed by atoms with E-state index in [1.54, 1.807) is 61.3 Å². The molecule has 0 aliphatic carbocycles. The van der Waals surface area contributed by atoms with Crippen LogP contribution in [0.4, 0.5) is 16.5 Å². The van der Waals surface area contributed by atoms with Gasteiger partial charge in [0.25, 0.3) is 11.8 Å². The molecule has 1 saturated heterocycles. The van der Waals surface area contributed by atoms with E-state index in [-0.39, 0.29) is 36.6 Å². The van der Waals surface area contributed by atoms with Crippen molar-refractivity contribution in [3.63, 3.8) is 0 Å². The topological polar surface area (TPSA) is 99.7 Å². The average molecular weight is 554 g/mol. The molecule has 3 heterocycles. The third-order valence-corrected chi connectivity index (χ3v) is 6.70. The SMILES string of the molecule is COCCN1CC[C@@H](N(C)c2nc(C(=O)Nc3ccccc3C(=O)Nc3cccnc3)cs2)C1.Cl.Cl. The van der Waals surface area contributed by atoms with E-state index in [9.17, 15) is 9.59 Å². The number of likely N-dealkylation sites (N-methyl/N-ethyl adjacent to an activating group) is 1. The molecule has 0 radical (unpaired) electrons. The third kappa shape index (κ3) is 7.37. The molecule has 1 aromatic carbocycles. The molecular formula is C24H30Cl2N6O3S. The predicted octanol–water partition coefficient (Wildman–Crippen LogP) is 4.04. The van der Waals surface area contributed by atoms with E-state index in [2.05, 4.69) is 30.4 Å². The number of ether oxygens (including phenoxy) is 1. The van der Waals surface area contributed by atoms with Crippen LogP contribution in [0.25, 0.3) is 0 Å². The van der Waals surface area contributed by atoms with Gasteiger partial charge in [-0.15, -0.1) is 36.2 Å². The molecule has 0 saturated carbocycles. The highest BCUT2D eigenvalue weighted by Crippen LogP contribution is 2.26. The highest BCUT2D eigenvalue weighted by molar-refractivity contribution is 7.14. The number of hydrogen-bond donors (Lipinski definition) is 2. The monoisotopic (exact) mass is 552 g/mol. The van der Waals surface area contributed by atoms with Crippen LogP contribution in [0, 0.1) is 0 Å². The summed E-state index contributed by atoms with van der Waals surface area (Å²) in [4.78, 5) is 38.8. The fraction of sp³-hybridized carbons (Fsp3) is 0.333. The number of carbonyl (C=O) groups is 2. The van der Waals surface area contributed by atoms with E-state index in [0.29, 0.717) is 28.7 Å². The maximum Gasteiger partial charge on any atom is 0.275 e. The summed E-state index contributed by atoms with van der Waals surface area (Å²) in [6.45, 7) is 3.61. The summed E-state index contributed by atoms with van der Waals surface area (Å²) in [7, 11) is 3.73. The van der Waals surface area contributed by atoms with Gasteiger partial charge in [0.2, 0.25) is 0 Å². The quantitative estimate of drug-likeness (QED) is 0.413. The zero-order valence-corrected chi connectivity index (χ0v) is 22.5. The number of likely N-dealkylation sites (tertiary alicyclic amines) is 1. The molecule has 2 aromatic heterocycles. The molecule has 9 nitrogen and oxygen atoms in total. The minimum Gasteiger partial charge on any atom is -0.383 e. The number of para-hydroxylation sites is 1. The number of aromatic nitrogens is 2. The van der Waals surface area contributed by atoms with E-state index in [0.717, 1.165) is 37.8 Å². The number of amides is 2. The summed E-state index contributed by atoms with van der Waals surface area (Å²) in [5.41, 5.74) is 1.67.